The topological polar surface area (TPSA) is 112 Å². The lowest BCUT2D eigenvalue weighted by Crippen LogP contribution is -2.30. The Kier molecular flexibility index (Phi) is 5.24. The highest BCUT2D eigenvalue weighted by Crippen LogP contribution is 2.38. The van der Waals surface area contributed by atoms with Crippen LogP contribution in [0.25, 0.3) is 0 Å². The van der Waals surface area contributed by atoms with E-state index < -0.39 is 5.41 Å². The van der Waals surface area contributed by atoms with Crippen LogP contribution in [-0.4, -0.2) is 48.5 Å². The van der Waals surface area contributed by atoms with E-state index in [0.29, 0.717) is 35.6 Å². The number of carbonyl (C=O) groups is 3. The van der Waals surface area contributed by atoms with Gasteiger partial charge in [0.05, 0.1) is 24.1 Å². The molecule has 32 heavy (non-hydrogen) atoms. The summed E-state index contributed by atoms with van der Waals surface area (Å²) < 4.78 is 5.63. The number of hydrogen-bond acceptors (Lipinski definition) is 5. The number of Topliss-reactive ketones (excluding diaryl/α,β-unsaturated/α-hetero) is 1. The van der Waals surface area contributed by atoms with Gasteiger partial charge in [-0.3, -0.25) is 19.8 Å². The van der Waals surface area contributed by atoms with Gasteiger partial charge in [0.1, 0.15) is 11.6 Å². The first kappa shape index (κ1) is 21.5. The molecule has 8 heteroatoms. The summed E-state index contributed by atoms with van der Waals surface area (Å²) in [6, 6.07) is 8.65. The van der Waals surface area contributed by atoms with Crippen LogP contribution in [0, 0.1) is 5.41 Å². The van der Waals surface area contributed by atoms with E-state index in [0.717, 1.165) is 16.8 Å². The predicted molar refractivity (Wildman–Crippen MR) is 121 cm³/mol. The van der Waals surface area contributed by atoms with E-state index in [1.165, 1.54) is 0 Å². The van der Waals surface area contributed by atoms with Crippen LogP contribution in [0.2, 0.25) is 0 Å². The minimum Gasteiger partial charge on any atom is -0.493 e. The number of hydrogen-bond donors (Lipinski definition) is 3. The zero-order chi connectivity index (χ0) is 23.2. The number of benzene rings is 2. The molecule has 0 unspecified atom stereocenters. The maximum atomic E-state index is 13.0. The van der Waals surface area contributed by atoms with E-state index in [4.69, 9.17) is 10.1 Å². The smallest absolute Gasteiger partial charge is 0.254 e. The Hall–Kier alpha value is -3.68. The number of amidine groups is 1. The molecule has 8 nitrogen and oxygen atoms in total. The quantitative estimate of drug-likeness (QED) is 0.606. The highest BCUT2D eigenvalue weighted by molar-refractivity contribution is 6.09. The average molecular weight is 434 g/mol. The van der Waals surface area contributed by atoms with Crippen LogP contribution >= 0.6 is 0 Å². The van der Waals surface area contributed by atoms with Gasteiger partial charge >= 0.3 is 0 Å². The second-order valence-corrected chi connectivity index (χ2v) is 8.48. The zero-order valence-electron chi connectivity index (χ0n) is 18.6. The molecule has 2 heterocycles. The average Bonchev–Trinajstić information content (AvgIpc) is 3.19. The van der Waals surface area contributed by atoms with Crippen molar-refractivity contribution in [3.05, 3.63) is 58.1 Å². The summed E-state index contributed by atoms with van der Waals surface area (Å²) in [4.78, 5) is 39.2. The summed E-state index contributed by atoms with van der Waals surface area (Å²) >= 11 is 0. The second-order valence-electron chi connectivity index (χ2n) is 8.48. The van der Waals surface area contributed by atoms with Crippen molar-refractivity contribution in [1.82, 2.24) is 10.2 Å². The van der Waals surface area contributed by atoms with Crippen molar-refractivity contribution in [2.75, 3.05) is 25.5 Å². The molecule has 0 bridgehead atoms. The minimum atomic E-state index is -0.700. The molecule has 166 valence electrons. The SMILES string of the molecule is CCOc1cc2c(cc1C(=O)NC)C(=N)N(CC(=O)c1ccc3c(c1)C(C)(C)C(=O)N3)C2. The van der Waals surface area contributed by atoms with Crippen molar-refractivity contribution >= 4 is 29.1 Å². The van der Waals surface area contributed by atoms with E-state index in [-0.39, 0.29) is 30.0 Å². The van der Waals surface area contributed by atoms with Crippen LogP contribution in [0.4, 0.5) is 5.69 Å². The number of nitrogens with one attached hydrogen (secondary N) is 3. The number of nitrogens with zero attached hydrogens (tertiary/aromatic N) is 1. The molecule has 2 aromatic carbocycles. The van der Waals surface area contributed by atoms with Gasteiger partial charge in [-0.05, 0) is 62.2 Å². The number of ether oxygens (including phenoxy) is 1. The molecule has 0 atom stereocenters. The van der Waals surface area contributed by atoms with Crippen LogP contribution in [0.15, 0.2) is 30.3 Å². The first-order valence-electron chi connectivity index (χ1n) is 10.5. The van der Waals surface area contributed by atoms with Crippen molar-refractivity contribution in [2.24, 2.45) is 0 Å². The Labute approximate surface area is 186 Å². The summed E-state index contributed by atoms with van der Waals surface area (Å²) in [5.41, 5.74) is 3.14. The van der Waals surface area contributed by atoms with Crippen molar-refractivity contribution < 1.29 is 19.1 Å². The summed E-state index contributed by atoms with van der Waals surface area (Å²) in [5.74, 6) is 0.134. The first-order valence-corrected chi connectivity index (χ1v) is 10.5. The van der Waals surface area contributed by atoms with Gasteiger partial charge < -0.3 is 20.3 Å². The van der Waals surface area contributed by atoms with E-state index in [1.807, 2.05) is 20.8 Å². The van der Waals surface area contributed by atoms with Gasteiger partial charge in [-0.25, -0.2) is 0 Å². The molecule has 0 aromatic heterocycles. The van der Waals surface area contributed by atoms with Gasteiger partial charge in [0, 0.05) is 30.4 Å². The number of amides is 2. The molecule has 0 saturated carbocycles. The Balaban J connectivity index is 1.58. The lowest BCUT2D eigenvalue weighted by atomic mass is 9.85. The molecule has 0 fully saturated rings. The highest BCUT2D eigenvalue weighted by atomic mass is 16.5. The number of rotatable bonds is 6. The van der Waals surface area contributed by atoms with Gasteiger partial charge in [-0.1, -0.05) is 0 Å². The zero-order valence-corrected chi connectivity index (χ0v) is 18.6. The van der Waals surface area contributed by atoms with Gasteiger partial charge in [0.2, 0.25) is 5.91 Å². The minimum absolute atomic E-state index is 0.0212. The van der Waals surface area contributed by atoms with Crippen molar-refractivity contribution in [3.63, 3.8) is 0 Å². The maximum absolute atomic E-state index is 13.0. The highest BCUT2D eigenvalue weighted by Gasteiger charge is 2.39. The molecule has 0 spiro atoms. The Morgan fingerprint density at radius 2 is 2.00 bits per heavy atom. The molecule has 0 saturated heterocycles. The molecule has 2 aliphatic rings. The molecule has 2 aromatic rings. The summed E-state index contributed by atoms with van der Waals surface area (Å²) in [6.07, 6.45) is 0. The van der Waals surface area contributed by atoms with E-state index >= 15 is 0 Å². The number of ketones is 1. The van der Waals surface area contributed by atoms with E-state index in [1.54, 1.807) is 42.3 Å². The number of fused-ring (bicyclic) bond motifs is 2. The molecule has 4 rings (SSSR count). The fourth-order valence-corrected chi connectivity index (χ4v) is 4.16. The lowest BCUT2D eigenvalue weighted by molar-refractivity contribution is -0.119. The van der Waals surface area contributed by atoms with Crippen molar-refractivity contribution in [1.29, 1.82) is 5.41 Å². The Bertz CT molecular complexity index is 1170. The molecule has 0 radical (unpaired) electrons. The normalized spacial score (nSPS) is 15.8. The Morgan fingerprint density at radius 3 is 2.69 bits per heavy atom. The van der Waals surface area contributed by atoms with Crippen LogP contribution in [-0.2, 0) is 16.8 Å². The van der Waals surface area contributed by atoms with Crippen LogP contribution in [0.1, 0.15) is 58.2 Å². The third-order valence-corrected chi connectivity index (χ3v) is 6.07. The summed E-state index contributed by atoms with van der Waals surface area (Å²) in [7, 11) is 1.54. The molecule has 3 N–H and O–H groups in total. The fraction of sp³-hybridized carbons (Fsp3) is 0.333. The van der Waals surface area contributed by atoms with Gasteiger partial charge in [-0.15, -0.1) is 0 Å². The Morgan fingerprint density at radius 1 is 1.25 bits per heavy atom. The molecule has 0 aliphatic carbocycles. The number of carbonyl (C=O) groups excluding carboxylic acids is 3. The maximum Gasteiger partial charge on any atom is 0.254 e. The van der Waals surface area contributed by atoms with Gasteiger partial charge in [-0.2, -0.15) is 0 Å². The van der Waals surface area contributed by atoms with E-state index in [9.17, 15) is 14.4 Å². The van der Waals surface area contributed by atoms with Gasteiger partial charge in [0.15, 0.2) is 5.78 Å². The van der Waals surface area contributed by atoms with Crippen LogP contribution in [0.3, 0.4) is 0 Å². The fourth-order valence-electron chi connectivity index (χ4n) is 4.16. The third kappa shape index (κ3) is 3.41. The van der Waals surface area contributed by atoms with Crippen LogP contribution < -0.4 is 15.4 Å². The largest absolute Gasteiger partial charge is 0.493 e. The van der Waals surface area contributed by atoms with Crippen LogP contribution in [0.5, 0.6) is 5.75 Å². The molecule has 2 amide bonds. The lowest BCUT2D eigenvalue weighted by Gasteiger charge is -2.18. The van der Waals surface area contributed by atoms with E-state index in [2.05, 4.69) is 10.6 Å². The predicted octanol–water partition coefficient (Wildman–Crippen LogP) is 2.70. The van der Waals surface area contributed by atoms with Gasteiger partial charge in [0.25, 0.3) is 5.91 Å². The molecular formula is C24H26N4O4. The standard InChI is InChI=1S/C24H26N4O4/c1-5-32-20-9-14-11-28(21(25)15(14)10-16(20)22(30)26-4)12-19(29)13-6-7-18-17(8-13)24(2,3)23(31)27-18/h6-10,25H,5,11-12H2,1-4H3,(H,26,30)(H,27,31). The first-order chi connectivity index (χ1) is 15.2. The third-order valence-electron chi connectivity index (χ3n) is 6.07. The number of anilines is 1. The van der Waals surface area contributed by atoms with Crippen molar-refractivity contribution in [2.45, 2.75) is 32.7 Å². The second kappa shape index (κ2) is 7.78. The van der Waals surface area contributed by atoms with Crippen molar-refractivity contribution in [3.8, 4) is 5.75 Å². The molecular weight excluding hydrogens is 408 g/mol. The monoisotopic (exact) mass is 434 g/mol. The summed E-state index contributed by atoms with van der Waals surface area (Å²) in [6.45, 7) is 6.31. The summed E-state index contributed by atoms with van der Waals surface area (Å²) in [5, 5.41) is 14.0. The molecule has 2 aliphatic heterocycles.